The Morgan fingerprint density at radius 3 is 2.90 bits per heavy atom. The molecule has 5 nitrogen and oxygen atoms in total. The number of nitrogens with zero attached hydrogens (tertiary/aromatic N) is 1. The quantitative estimate of drug-likeness (QED) is 0.851. The SMILES string of the molecule is COc1cccc(N2C(=O)NC3(CCCC(C)C3)C2=O)c1. The van der Waals surface area contributed by atoms with Crippen molar-refractivity contribution in [3.05, 3.63) is 24.3 Å². The Hall–Kier alpha value is -2.04. The van der Waals surface area contributed by atoms with E-state index in [-0.39, 0.29) is 11.9 Å². The number of anilines is 1. The van der Waals surface area contributed by atoms with Gasteiger partial charge in [-0.3, -0.25) is 4.79 Å². The normalized spacial score (nSPS) is 28.9. The van der Waals surface area contributed by atoms with Crippen LogP contribution in [0.3, 0.4) is 0 Å². The third-order valence-electron chi connectivity index (χ3n) is 4.47. The minimum absolute atomic E-state index is 0.132. The van der Waals surface area contributed by atoms with Crippen molar-refractivity contribution in [1.82, 2.24) is 5.32 Å². The van der Waals surface area contributed by atoms with Gasteiger partial charge in [-0.2, -0.15) is 0 Å². The van der Waals surface area contributed by atoms with Gasteiger partial charge in [-0.15, -0.1) is 0 Å². The molecule has 112 valence electrons. The number of methoxy groups -OCH3 is 1. The van der Waals surface area contributed by atoms with Crippen molar-refractivity contribution in [2.24, 2.45) is 5.92 Å². The van der Waals surface area contributed by atoms with E-state index in [1.165, 1.54) is 4.90 Å². The smallest absolute Gasteiger partial charge is 0.329 e. The summed E-state index contributed by atoms with van der Waals surface area (Å²) in [4.78, 5) is 26.4. The summed E-state index contributed by atoms with van der Waals surface area (Å²) in [6, 6.07) is 6.71. The van der Waals surface area contributed by atoms with Crippen LogP contribution >= 0.6 is 0 Å². The van der Waals surface area contributed by atoms with Crippen LogP contribution in [0.2, 0.25) is 0 Å². The molecule has 3 rings (SSSR count). The molecule has 1 heterocycles. The molecule has 1 aliphatic heterocycles. The number of benzene rings is 1. The molecule has 2 fully saturated rings. The summed E-state index contributed by atoms with van der Waals surface area (Å²) in [5.41, 5.74) is -0.148. The Morgan fingerprint density at radius 1 is 1.38 bits per heavy atom. The van der Waals surface area contributed by atoms with Gasteiger partial charge in [0.1, 0.15) is 11.3 Å². The van der Waals surface area contributed by atoms with Crippen LogP contribution in [0, 0.1) is 5.92 Å². The van der Waals surface area contributed by atoms with E-state index in [2.05, 4.69) is 12.2 Å². The first-order valence-electron chi connectivity index (χ1n) is 7.36. The molecule has 2 unspecified atom stereocenters. The average molecular weight is 288 g/mol. The summed E-state index contributed by atoms with van der Waals surface area (Å²) >= 11 is 0. The summed E-state index contributed by atoms with van der Waals surface area (Å²) in [7, 11) is 1.56. The Labute approximate surface area is 124 Å². The molecule has 1 saturated heterocycles. The predicted octanol–water partition coefficient (Wildman–Crippen LogP) is 2.70. The zero-order valence-electron chi connectivity index (χ0n) is 12.4. The van der Waals surface area contributed by atoms with Gasteiger partial charge in [0.25, 0.3) is 5.91 Å². The minimum atomic E-state index is -0.710. The number of urea groups is 1. The monoisotopic (exact) mass is 288 g/mol. The maximum absolute atomic E-state index is 12.8. The molecular weight excluding hydrogens is 268 g/mol. The molecule has 1 aliphatic carbocycles. The molecule has 0 aromatic heterocycles. The van der Waals surface area contributed by atoms with Gasteiger partial charge in [0.15, 0.2) is 0 Å². The third-order valence-corrected chi connectivity index (χ3v) is 4.47. The van der Waals surface area contributed by atoms with Crippen molar-refractivity contribution >= 4 is 17.6 Å². The third kappa shape index (κ3) is 2.26. The number of carbonyl (C=O) groups is 2. The lowest BCUT2D eigenvalue weighted by Crippen LogP contribution is -2.50. The first kappa shape index (κ1) is 13.9. The molecule has 5 heteroatoms. The Balaban J connectivity index is 1.93. The Bertz CT molecular complexity index is 587. The summed E-state index contributed by atoms with van der Waals surface area (Å²) in [5, 5.41) is 2.93. The van der Waals surface area contributed by atoms with Crippen LogP contribution in [0.15, 0.2) is 24.3 Å². The van der Waals surface area contributed by atoms with Crippen LogP contribution in [0.1, 0.15) is 32.6 Å². The van der Waals surface area contributed by atoms with Gasteiger partial charge in [0.05, 0.1) is 12.8 Å². The number of carbonyl (C=O) groups excluding carboxylic acids is 2. The number of nitrogens with one attached hydrogen (secondary N) is 1. The van der Waals surface area contributed by atoms with Crippen molar-refractivity contribution in [1.29, 1.82) is 0 Å². The number of ether oxygens (including phenoxy) is 1. The van der Waals surface area contributed by atoms with E-state index in [1.807, 2.05) is 0 Å². The van der Waals surface area contributed by atoms with Crippen LogP contribution < -0.4 is 15.0 Å². The van der Waals surface area contributed by atoms with Crippen molar-refractivity contribution in [2.75, 3.05) is 12.0 Å². The second-order valence-electron chi connectivity index (χ2n) is 6.06. The molecule has 0 bridgehead atoms. The Morgan fingerprint density at radius 2 is 2.19 bits per heavy atom. The molecule has 1 N–H and O–H groups in total. The van der Waals surface area contributed by atoms with E-state index in [0.29, 0.717) is 17.4 Å². The van der Waals surface area contributed by atoms with Gasteiger partial charge in [-0.1, -0.05) is 25.8 Å². The van der Waals surface area contributed by atoms with E-state index in [4.69, 9.17) is 4.74 Å². The van der Waals surface area contributed by atoms with Gasteiger partial charge in [-0.05, 0) is 30.9 Å². The van der Waals surface area contributed by atoms with Crippen LogP contribution in [0.25, 0.3) is 0 Å². The zero-order valence-corrected chi connectivity index (χ0v) is 12.4. The molecule has 3 amide bonds. The van der Waals surface area contributed by atoms with Crippen molar-refractivity contribution in [3.63, 3.8) is 0 Å². The first-order valence-corrected chi connectivity index (χ1v) is 7.36. The summed E-state index contributed by atoms with van der Waals surface area (Å²) in [5.74, 6) is 0.951. The molecule has 2 aliphatic rings. The molecule has 1 saturated carbocycles. The molecular formula is C16H20N2O3. The highest BCUT2D eigenvalue weighted by atomic mass is 16.5. The second kappa shape index (κ2) is 5.06. The van der Waals surface area contributed by atoms with E-state index in [9.17, 15) is 9.59 Å². The lowest BCUT2D eigenvalue weighted by atomic mass is 9.76. The highest BCUT2D eigenvalue weighted by Gasteiger charge is 2.53. The van der Waals surface area contributed by atoms with Crippen LogP contribution in [-0.2, 0) is 4.79 Å². The topological polar surface area (TPSA) is 58.6 Å². The molecule has 1 aromatic carbocycles. The van der Waals surface area contributed by atoms with Crippen molar-refractivity contribution in [2.45, 2.75) is 38.1 Å². The van der Waals surface area contributed by atoms with Gasteiger partial charge in [0, 0.05) is 6.07 Å². The fraction of sp³-hybridized carbons (Fsp3) is 0.500. The summed E-state index contributed by atoms with van der Waals surface area (Å²) in [6.07, 6.45) is 3.53. The number of hydrogen-bond acceptors (Lipinski definition) is 3. The van der Waals surface area contributed by atoms with E-state index in [0.717, 1.165) is 25.7 Å². The second-order valence-corrected chi connectivity index (χ2v) is 6.06. The standard InChI is InChI=1S/C16H20N2O3/c1-11-5-4-8-16(10-11)14(19)18(15(20)17-16)12-6-3-7-13(9-12)21-2/h3,6-7,9,11H,4-5,8,10H2,1-2H3,(H,17,20). The predicted molar refractivity (Wildman–Crippen MR) is 79.4 cm³/mol. The summed E-state index contributed by atoms with van der Waals surface area (Å²) < 4.78 is 5.17. The highest BCUT2D eigenvalue weighted by molar-refractivity contribution is 6.23. The largest absolute Gasteiger partial charge is 0.497 e. The molecule has 1 spiro atoms. The molecule has 21 heavy (non-hydrogen) atoms. The molecule has 2 atom stereocenters. The first-order chi connectivity index (χ1) is 10.1. The highest BCUT2D eigenvalue weighted by Crippen LogP contribution is 2.38. The van der Waals surface area contributed by atoms with E-state index < -0.39 is 5.54 Å². The number of rotatable bonds is 2. The van der Waals surface area contributed by atoms with Crippen molar-refractivity contribution in [3.8, 4) is 5.75 Å². The molecule has 1 aromatic rings. The van der Waals surface area contributed by atoms with Gasteiger partial charge < -0.3 is 10.1 Å². The summed E-state index contributed by atoms with van der Waals surface area (Å²) in [6.45, 7) is 2.13. The number of imide groups is 1. The number of hydrogen-bond donors (Lipinski definition) is 1. The van der Waals surface area contributed by atoms with Crippen LogP contribution in [0.4, 0.5) is 10.5 Å². The Kier molecular flexibility index (Phi) is 3.35. The van der Waals surface area contributed by atoms with Gasteiger partial charge in [0.2, 0.25) is 0 Å². The van der Waals surface area contributed by atoms with Crippen LogP contribution in [-0.4, -0.2) is 24.6 Å². The number of amides is 3. The van der Waals surface area contributed by atoms with Crippen molar-refractivity contribution < 1.29 is 14.3 Å². The van der Waals surface area contributed by atoms with E-state index >= 15 is 0 Å². The minimum Gasteiger partial charge on any atom is -0.497 e. The van der Waals surface area contributed by atoms with Gasteiger partial charge >= 0.3 is 6.03 Å². The maximum atomic E-state index is 12.8. The van der Waals surface area contributed by atoms with Crippen LogP contribution in [0.5, 0.6) is 5.75 Å². The lowest BCUT2D eigenvalue weighted by molar-refractivity contribution is -0.123. The zero-order chi connectivity index (χ0) is 15.0. The van der Waals surface area contributed by atoms with Gasteiger partial charge in [-0.25, -0.2) is 9.69 Å². The molecule has 0 radical (unpaired) electrons. The fourth-order valence-corrected chi connectivity index (χ4v) is 3.46. The lowest BCUT2D eigenvalue weighted by Gasteiger charge is -2.34. The fourth-order valence-electron chi connectivity index (χ4n) is 3.46. The maximum Gasteiger partial charge on any atom is 0.329 e. The van der Waals surface area contributed by atoms with E-state index in [1.54, 1.807) is 31.4 Å². The average Bonchev–Trinajstić information content (AvgIpc) is 2.69.